The molecule has 1 aromatic carbocycles. The molecule has 1 aromatic rings. The molecule has 6 heteroatoms. The topological polar surface area (TPSA) is 93.5 Å². The van der Waals surface area contributed by atoms with Crippen LogP contribution in [0.2, 0.25) is 0 Å². The summed E-state index contributed by atoms with van der Waals surface area (Å²) in [5, 5.41) is 5.21. The average Bonchev–Trinajstić information content (AvgIpc) is 2.47. The molecule has 0 aromatic heterocycles. The van der Waals surface area contributed by atoms with Gasteiger partial charge in [-0.1, -0.05) is 12.1 Å². The largest absolute Gasteiger partial charge is 0.385 e. The number of rotatable bonds is 7. The highest BCUT2D eigenvalue weighted by Crippen LogP contribution is 2.15. The maximum absolute atomic E-state index is 12.0. The minimum Gasteiger partial charge on any atom is -0.385 e. The smallest absolute Gasteiger partial charge is 0.253 e. The summed E-state index contributed by atoms with van der Waals surface area (Å²) in [6, 6.07) is 6.18. The monoisotopic (exact) mass is 279 g/mol. The summed E-state index contributed by atoms with van der Waals surface area (Å²) in [6.45, 7) is 0.565. The first-order valence-electron chi connectivity index (χ1n) is 6.46. The fraction of sp³-hybridized carbons (Fsp3) is 0.429. The van der Waals surface area contributed by atoms with Crippen molar-refractivity contribution < 1.29 is 14.3 Å². The molecule has 1 atom stereocenters. The van der Waals surface area contributed by atoms with Gasteiger partial charge in [0.2, 0.25) is 5.91 Å². The molecule has 0 saturated heterocycles. The zero-order chi connectivity index (χ0) is 15.0. The molecule has 1 rings (SSSR count). The number of para-hydroxylation sites is 1. The average molecular weight is 279 g/mol. The molecule has 0 spiro atoms. The van der Waals surface area contributed by atoms with Gasteiger partial charge >= 0.3 is 0 Å². The van der Waals surface area contributed by atoms with E-state index in [1.165, 1.54) is 7.05 Å². The Morgan fingerprint density at radius 3 is 2.70 bits per heavy atom. The van der Waals surface area contributed by atoms with E-state index in [2.05, 4.69) is 10.6 Å². The van der Waals surface area contributed by atoms with E-state index in [1.807, 2.05) is 0 Å². The third-order valence-corrected chi connectivity index (χ3v) is 2.86. The SMILES string of the molecule is CNC(=O)c1ccccc1NC(=O)C(N)CCCOC. The molecule has 0 bridgehead atoms. The predicted molar refractivity (Wildman–Crippen MR) is 77.5 cm³/mol. The van der Waals surface area contributed by atoms with Crippen LogP contribution in [0, 0.1) is 0 Å². The van der Waals surface area contributed by atoms with Crippen LogP contribution in [0.25, 0.3) is 0 Å². The van der Waals surface area contributed by atoms with Crippen molar-refractivity contribution in [3.63, 3.8) is 0 Å². The Hall–Kier alpha value is -1.92. The lowest BCUT2D eigenvalue weighted by molar-refractivity contribution is -0.117. The molecule has 0 aliphatic heterocycles. The first kappa shape index (κ1) is 16.1. The van der Waals surface area contributed by atoms with Crippen molar-refractivity contribution in [2.75, 3.05) is 26.1 Å². The molecule has 4 N–H and O–H groups in total. The van der Waals surface area contributed by atoms with Crippen molar-refractivity contribution >= 4 is 17.5 Å². The van der Waals surface area contributed by atoms with Crippen LogP contribution >= 0.6 is 0 Å². The number of hydrogen-bond acceptors (Lipinski definition) is 4. The molecule has 6 nitrogen and oxygen atoms in total. The summed E-state index contributed by atoms with van der Waals surface area (Å²) < 4.78 is 4.92. The van der Waals surface area contributed by atoms with E-state index < -0.39 is 6.04 Å². The van der Waals surface area contributed by atoms with Crippen LogP contribution in [-0.2, 0) is 9.53 Å². The second-order valence-electron chi connectivity index (χ2n) is 4.36. The highest BCUT2D eigenvalue weighted by Gasteiger charge is 2.16. The number of methoxy groups -OCH3 is 1. The molecule has 0 radical (unpaired) electrons. The van der Waals surface area contributed by atoms with Crippen LogP contribution in [0.15, 0.2) is 24.3 Å². The van der Waals surface area contributed by atoms with Crippen molar-refractivity contribution in [3.05, 3.63) is 29.8 Å². The fourth-order valence-electron chi connectivity index (χ4n) is 1.73. The van der Waals surface area contributed by atoms with E-state index in [-0.39, 0.29) is 11.8 Å². The van der Waals surface area contributed by atoms with Gasteiger partial charge in [-0.15, -0.1) is 0 Å². The van der Waals surface area contributed by atoms with Crippen LogP contribution in [0.5, 0.6) is 0 Å². The van der Waals surface area contributed by atoms with Gasteiger partial charge in [-0.05, 0) is 25.0 Å². The van der Waals surface area contributed by atoms with Crippen molar-refractivity contribution in [3.8, 4) is 0 Å². The first-order chi connectivity index (χ1) is 9.60. The quantitative estimate of drug-likeness (QED) is 0.642. The molecule has 2 amide bonds. The number of nitrogens with two attached hydrogens (primary N) is 1. The summed E-state index contributed by atoms with van der Waals surface area (Å²) in [7, 11) is 3.14. The Balaban J connectivity index is 2.68. The van der Waals surface area contributed by atoms with E-state index in [9.17, 15) is 9.59 Å². The van der Waals surface area contributed by atoms with Gasteiger partial charge in [0.15, 0.2) is 0 Å². The van der Waals surface area contributed by atoms with Crippen LogP contribution < -0.4 is 16.4 Å². The zero-order valence-electron chi connectivity index (χ0n) is 11.8. The second kappa shape index (κ2) is 8.29. The van der Waals surface area contributed by atoms with Gasteiger partial charge < -0.3 is 21.1 Å². The van der Waals surface area contributed by atoms with Gasteiger partial charge in [-0.25, -0.2) is 0 Å². The molecule has 20 heavy (non-hydrogen) atoms. The van der Waals surface area contributed by atoms with E-state index in [0.29, 0.717) is 30.7 Å². The molecular weight excluding hydrogens is 258 g/mol. The maximum atomic E-state index is 12.0. The normalized spacial score (nSPS) is 11.8. The third kappa shape index (κ3) is 4.64. The molecule has 0 heterocycles. The third-order valence-electron chi connectivity index (χ3n) is 2.86. The zero-order valence-corrected chi connectivity index (χ0v) is 11.8. The van der Waals surface area contributed by atoms with Gasteiger partial charge in [-0.3, -0.25) is 9.59 Å². The van der Waals surface area contributed by atoms with Crippen molar-refractivity contribution in [2.24, 2.45) is 5.73 Å². The Labute approximate surface area is 118 Å². The van der Waals surface area contributed by atoms with E-state index in [0.717, 1.165) is 0 Å². The molecule has 0 saturated carbocycles. The van der Waals surface area contributed by atoms with Crippen molar-refractivity contribution in [2.45, 2.75) is 18.9 Å². The highest BCUT2D eigenvalue weighted by atomic mass is 16.5. The summed E-state index contributed by atoms with van der Waals surface area (Å²) in [5.41, 5.74) is 6.66. The fourth-order valence-corrected chi connectivity index (χ4v) is 1.73. The van der Waals surface area contributed by atoms with E-state index >= 15 is 0 Å². The van der Waals surface area contributed by atoms with Crippen molar-refractivity contribution in [1.82, 2.24) is 5.32 Å². The maximum Gasteiger partial charge on any atom is 0.253 e. The Morgan fingerprint density at radius 1 is 1.35 bits per heavy atom. The number of ether oxygens (including phenoxy) is 1. The van der Waals surface area contributed by atoms with E-state index in [1.54, 1.807) is 31.4 Å². The minimum atomic E-state index is -0.622. The highest BCUT2D eigenvalue weighted by molar-refractivity contribution is 6.04. The molecular formula is C14H21N3O3. The number of amides is 2. The number of nitrogens with one attached hydrogen (secondary N) is 2. The van der Waals surface area contributed by atoms with Crippen LogP contribution in [0.4, 0.5) is 5.69 Å². The lowest BCUT2D eigenvalue weighted by Crippen LogP contribution is -2.36. The number of benzene rings is 1. The summed E-state index contributed by atoms with van der Waals surface area (Å²) in [4.78, 5) is 23.6. The number of carbonyl (C=O) groups is 2. The standard InChI is InChI=1S/C14H21N3O3/c1-16-13(18)10-6-3-4-8-12(10)17-14(19)11(15)7-5-9-20-2/h3-4,6,8,11H,5,7,9,15H2,1-2H3,(H,16,18)(H,17,19). The summed E-state index contributed by atoms with van der Waals surface area (Å²) in [5.74, 6) is -0.564. The number of anilines is 1. The van der Waals surface area contributed by atoms with Gasteiger partial charge in [0.25, 0.3) is 5.91 Å². The molecule has 1 unspecified atom stereocenters. The summed E-state index contributed by atoms with van der Waals surface area (Å²) in [6.07, 6.45) is 1.24. The first-order valence-corrected chi connectivity index (χ1v) is 6.46. The van der Waals surface area contributed by atoms with Gasteiger partial charge in [0.1, 0.15) is 0 Å². The minimum absolute atomic E-state index is 0.256. The molecule has 0 aliphatic rings. The van der Waals surface area contributed by atoms with Gasteiger partial charge in [0, 0.05) is 20.8 Å². The Morgan fingerprint density at radius 2 is 2.05 bits per heavy atom. The van der Waals surface area contributed by atoms with Crippen LogP contribution in [0.1, 0.15) is 23.2 Å². The Bertz CT molecular complexity index is 463. The lowest BCUT2D eigenvalue weighted by Gasteiger charge is -2.14. The van der Waals surface area contributed by atoms with Crippen LogP contribution in [0.3, 0.4) is 0 Å². The molecule has 0 aliphatic carbocycles. The molecule has 110 valence electrons. The van der Waals surface area contributed by atoms with Gasteiger partial charge in [0.05, 0.1) is 17.3 Å². The molecule has 0 fully saturated rings. The van der Waals surface area contributed by atoms with Crippen molar-refractivity contribution in [1.29, 1.82) is 0 Å². The van der Waals surface area contributed by atoms with Gasteiger partial charge in [-0.2, -0.15) is 0 Å². The number of hydrogen-bond donors (Lipinski definition) is 3. The predicted octanol–water partition coefficient (Wildman–Crippen LogP) is 0.739. The summed E-state index contributed by atoms with van der Waals surface area (Å²) >= 11 is 0. The Kier molecular flexibility index (Phi) is 6.69. The lowest BCUT2D eigenvalue weighted by atomic mass is 10.1. The van der Waals surface area contributed by atoms with E-state index in [4.69, 9.17) is 10.5 Å². The second-order valence-corrected chi connectivity index (χ2v) is 4.36. The van der Waals surface area contributed by atoms with Crippen LogP contribution in [-0.4, -0.2) is 38.6 Å². The number of carbonyl (C=O) groups excluding carboxylic acids is 2.